The Hall–Kier alpha value is -2.12. The molecule has 0 saturated carbocycles. The van der Waals surface area contributed by atoms with Crippen LogP contribution in [0, 0.1) is 0 Å². The molecule has 1 saturated heterocycles. The van der Waals surface area contributed by atoms with Crippen molar-refractivity contribution in [2.75, 3.05) is 39.4 Å². The van der Waals surface area contributed by atoms with Crippen molar-refractivity contribution in [3.05, 3.63) is 34.8 Å². The summed E-state index contributed by atoms with van der Waals surface area (Å²) in [6.07, 6.45) is 4.41. The summed E-state index contributed by atoms with van der Waals surface area (Å²) in [7, 11) is 0. The molecule has 0 bridgehead atoms. The van der Waals surface area contributed by atoms with E-state index in [-0.39, 0.29) is 11.7 Å². The molecule has 0 aromatic heterocycles. The second-order valence-corrected chi connectivity index (χ2v) is 6.09. The number of carbonyl (C=O) groups excluding carboxylic acids is 2. The van der Waals surface area contributed by atoms with Gasteiger partial charge in [-0.1, -0.05) is 0 Å². The van der Waals surface area contributed by atoms with Crippen LogP contribution in [0.5, 0.6) is 0 Å². The highest BCUT2D eigenvalue weighted by atomic mass is 16.6. The predicted molar refractivity (Wildman–Crippen MR) is 87.6 cm³/mol. The molecule has 2 heterocycles. The van der Waals surface area contributed by atoms with Gasteiger partial charge >= 0.3 is 0 Å². The van der Waals surface area contributed by atoms with Crippen LogP contribution in [0.3, 0.4) is 0 Å². The summed E-state index contributed by atoms with van der Waals surface area (Å²) in [6.45, 7) is 5.84. The Morgan fingerprint density at radius 1 is 1.38 bits per heavy atom. The number of ketones is 1. The van der Waals surface area contributed by atoms with Crippen molar-refractivity contribution in [3.8, 4) is 0 Å². The molecule has 0 unspecified atom stereocenters. The van der Waals surface area contributed by atoms with Crippen LogP contribution in [0.15, 0.2) is 34.8 Å². The van der Waals surface area contributed by atoms with E-state index in [1.165, 1.54) is 0 Å². The molecular weight excluding hydrogens is 310 g/mol. The zero-order valence-corrected chi connectivity index (χ0v) is 13.9. The maximum atomic E-state index is 12.0. The molecule has 3 rings (SSSR count). The first-order chi connectivity index (χ1) is 11.6. The standard InChI is InChI=1S/C17H23N3O4/c1-12-14-10-13(21)2-3-16(14)24-19-15(12)4-5-18-17(22)11-20-6-8-23-9-7-20/h3,10,19H,2,4-9,11H2,1H3,(H,18,22). The van der Waals surface area contributed by atoms with Crippen molar-refractivity contribution in [2.45, 2.75) is 19.8 Å². The third kappa shape index (κ3) is 4.04. The Labute approximate surface area is 141 Å². The second-order valence-electron chi connectivity index (χ2n) is 6.09. The minimum absolute atomic E-state index is 0.0134. The Bertz CT molecular complexity index is 615. The van der Waals surface area contributed by atoms with Gasteiger partial charge in [0.2, 0.25) is 5.91 Å². The van der Waals surface area contributed by atoms with E-state index in [2.05, 4.69) is 15.7 Å². The number of amides is 1. The first-order valence-corrected chi connectivity index (χ1v) is 8.28. The number of hydrogen-bond donors (Lipinski definition) is 2. The summed E-state index contributed by atoms with van der Waals surface area (Å²) in [5.41, 5.74) is 5.63. The molecule has 3 aliphatic rings. The molecule has 0 atom stereocenters. The van der Waals surface area contributed by atoms with E-state index in [4.69, 9.17) is 9.57 Å². The molecule has 1 amide bonds. The summed E-state index contributed by atoms with van der Waals surface area (Å²) in [5, 5.41) is 2.93. The minimum atomic E-state index is 0.0134. The van der Waals surface area contributed by atoms with Gasteiger partial charge in [0.25, 0.3) is 0 Å². The van der Waals surface area contributed by atoms with Gasteiger partial charge in [0.1, 0.15) is 0 Å². The van der Waals surface area contributed by atoms with Gasteiger partial charge in [0, 0.05) is 38.0 Å². The summed E-state index contributed by atoms with van der Waals surface area (Å²) in [5.74, 6) is 0.795. The number of fused-ring (bicyclic) bond motifs is 1. The molecule has 0 aromatic rings. The fourth-order valence-corrected chi connectivity index (χ4v) is 2.92. The van der Waals surface area contributed by atoms with Gasteiger partial charge < -0.3 is 14.9 Å². The van der Waals surface area contributed by atoms with Crippen LogP contribution < -0.4 is 10.8 Å². The third-order valence-corrected chi connectivity index (χ3v) is 4.37. The number of hydrogen-bond acceptors (Lipinski definition) is 6. The lowest BCUT2D eigenvalue weighted by Crippen LogP contribution is -2.43. The topological polar surface area (TPSA) is 79.9 Å². The molecule has 2 aliphatic heterocycles. The van der Waals surface area contributed by atoms with Gasteiger partial charge in [0.05, 0.1) is 25.5 Å². The van der Waals surface area contributed by atoms with Gasteiger partial charge in [-0.05, 0) is 24.6 Å². The zero-order valence-electron chi connectivity index (χ0n) is 13.9. The van der Waals surface area contributed by atoms with Crippen LogP contribution >= 0.6 is 0 Å². The zero-order chi connectivity index (χ0) is 16.9. The van der Waals surface area contributed by atoms with Crippen LogP contribution in [0.1, 0.15) is 19.8 Å². The van der Waals surface area contributed by atoms with E-state index in [0.717, 1.165) is 29.9 Å². The molecule has 7 nitrogen and oxygen atoms in total. The molecule has 0 aromatic carbocycles. The van der Waals surface area contributed by atoms with Crippen LogP contribution in [0.25, 0.3) is 0 Å². The molecule has 130 valence electrons. The monoisotopic (exact) mass is 333 g/mol. The van der Waals surface area contributed by atoms with Crippen LogP contribution in [0.2, 0.25) is 0 Å². The van der Waals surface area contributed by atoms with Crippen molar-refractivity contribution in [2.24, 2.45) is 0 Å². The van der Waals surface area contributed by atoms with Crippen molar-refractivity contribution < 1.29 is 19.2 Å². The number of nitrogens with one attached hydrogen (secondary N) is 2. The smallest absolute Gasteiger partial charge is 0.234 e. The van der Waals surface area contributed by atoms with E-state index in [1.807, 2.05) is 6.92 Å². The number of hydroxylamine groups is 1. The molecule has 1 fully saturated rings. The quantitative estimate of drug-likeness (QED) is 0.759. The normalized spacial score (nSPS) is 21.3. The van der Waals surface area contributed by atoms with Gasteiger partial charge in [0.15, 0.2) is 11.5 Å². The van der Waals surface area contributed by atoms with Crippen LogP contribution in [0.4, 0.5) is 0 Å². The Kier molecular flexibility index (Phi) is 5.32. The summed E-state index contributed by atoms with van der Waals surface area (Å²) < 4.78 is 5.27. The van der Waals surface area contributed by atoms with Crippen LogP contribution in [-0.4, -0.2) is 56.0 Å². The van der Waals surface area contributed by atoms with Crippen molar-refractivity contribution in [1.82, 2.24) is 15.7 Å². The van der Waals surface area contributed by atoms with E-state index in [1.54, 1.807) is 12.2 Å². The molecule has 0 spiro atoms. The fraction of sp³-hybridized carbons (Fsp3) is 0.529. The van der Waals surface area contributed by atoms with Crippen LogP contribution in [-0.2, 0) is 19.2 Å². The predicted octanol–water partition coefficient (Wildman–Crippen LogP) is 0.417. The highest BCUT2D eigenvalue weighted by Gasteiger charge is 2.23. The highest BCUT2D eigenvalue weighted by Crippen LogP contribution is 2.30. The molecule has 24 heavy (non-hydrogen) atoms. The van der Waals surface area contributed by atoms with Gasteiger partial charge in [-0.25, -0.2) is 5.48 Å². The lowest BCUT2D eigenvalue weighted by molar-refractivity contribution is -0.123. The largest absolute Gasteiger partial charge is 0.382 e. The van der Waals surface area contributed by atoms with Crippen molar-refractivity contribution >= 4 is 11.7 Å². The Morgan fingerprint density at radius 2 is 2.17 bits per heavy atom. The molecule has 2 N–H and O–H groups in total. The molecule has 7 heteroatoms. The first kappa shape index (κ1) is 16.7. The summed E-state index contributed by atoms with van der Waals surface area (Å²) >= 11 is 0. The maximum absolute atomic E-state index is 12.0. The number of carbonyl (C=O) groups is 2. The van der Waals surface area contributed by atoms with Crippen molar-refractivity contribution in [3.63, 3.8) is 0 Å². The first-order valence-electron chi connectivity index (χ1n) is 8.28. The van der Waals surface area contributed by atoms with Gasteiger partial charge in [-0.15, -0.1) is 0 Å². The lowest BCUT2D eigenvalue weighted by Gasteiger charge is -2.27. The Morgan fingerprint density at radius 3 is 2.96 bits per heavy atom. The van der Waals surface area contributed by atoms with E-state index < -0.39 is 0 Å². The Balaban J connectivity index is 1.49. The minimum Gasteiger partial charge on any atom is -0.382 e. The second kappa shape index (κ2) is 7.63. The van der Waals surface area contributed by atoms with E-state index in [0.29, 0.717) is 44.9 Å². The average molecular weight is 333 g/mol. The van der Waals surface area contributed by atoms with Gasteiger partial charge in [-0.2, -0.15) is 0 Å². The third-order valence-electron chi connectivity index (χ3n) is 4.37. The summed E-state index contributed by atoms with van der Waals surface area (Å²) in [6, 6.07) is 0. The number of nitrogens with zero attached hydrogens (tertiary/aromatic N) is 1. The lowest BCUT2D eigenvalue weighted by atomic mass is 9.95. The average Bonchev–Trinajstić information content (AvgIpc) is 2.58. The van der Waals surface area contributed by atoms with Crippen molar-refractivity contribution in [1.29, 1.82) is 0 Å². The molecule has 1 aliphatic carbocycles. The van der Waals surface area contributed by atoms with Gasteiger partial charge in [-0.3, -0.25) is 14.5 Å². The fourth-order valence-electron chi connectivity index (χ4n) is 2.92. The van der Waals surface area contributed by atoms with E-state index in [9.17, 15) is 9.59 Å². The maximum Gasteiger partial charge on any atom is 0.234 e. The van der Waals surface area contributed by atoms with E-state index >= 15 is 0 Å². The highest BCUT2D eigenvalue weighted by molar-refractivity contribution is 5.94. The number of morpholine rings is 1. The number of allylic oxidation sites excluding steroid dienone is 3. The SMILES string of the molecule is CC1=C(CCNC(=O)CN2CCOCC2)NOC2=CCC(=O)C=C21. The number of rotatable bonds is 5. The summed E-state index contributed by atoms with van der Waals surface area (Å²) in [4.78, 5) is 31.1. The number of ether oxygens (including phenoxy) is 1. The molecule has 0 radical (unpaired) electrons. The molecular formula is C17H23N3O4.